The zero-order valence-corrected chi connectivity index (χ0v) is 87.2. The number of hydrogen-bond acceptors (Lipinski definition) is 32. The molecule has 0 unspecified atom stereocenters. The van der Waals surface area contributed by atoms with Gasteiger partial charge in [-0.25, -0.2) is 14.4 Å². The molecular formula is C106H161N7O32. The van der Waals surface area contributed by atoms with Gasteiger partial charge in [-0.1, -0.05) is 147 Å². The molecule has 39 heteroatoms. The number of nitrogens with zero attached hydrogens (tertiary/aromatic N) is 3. The number of benzene rings is 4. The molecule has 0 saturated carbocycles. The van der Waals surface area contributed by atoms with Crippen LogP contribution in [-0.4, -0.2) is 365 Å². The minimum Gasteiger partial charge on any atom is -0.463 e. The highest BCUT2D eigenvalue weighted by Gasteiger charge is 2.45. The molecule has 1 fully saturated rings. The summed E-state index contributed by atoms with van der Waals surface area (Å²) in [6, 6.07) is 25.7. The monoisotopic (exact) mass is 2040 g/mol. The Kier molecular flexibility index (Phi) is 57.9. The molecule has 4 aromatic carbocycles. The lowest BCUT2D eigenvalue weighted by Gasteiger charge is -2.41. The number of alkyl carbamates (subject to hydrolysis) is 1. The second kappa shape index (κ2) is 68.7. The molecule has 0 radical (unpaired) electrons. The number of carbonyl (C=O) groups is 10. The summed E-state index contributed by atoms with van der Waals surface area (Å²) in [6.45, 7) is 24.3. The number of amides is 7. The van der Waals surface area contributed by atoms with Gasteiger partial charge in [0.1, 0.15) is 36.9 Å². The molecule has 0 spiro atoms. The largest absolute Gasteiger partial charge is 0.463 e. The smallest absolute Gasteiger partial charge is 0.410 e. The number of nitrogens with one attached hydrogen (secondary N) is 4. The first-order chi connectivity index (χ1) is 70.0. The topological polar surface area (TPSA) is 465 Å². The number of Topliss-reactive ketones (excluding diaryl/α,β-unsaturated/α-hetero) is 2. The fraction of sp³-hybridized carbons (Fsp3) is 0.660. The normalized spacial score (nSPS) is 17.1. The molecule has 2 heterocycles. The molecule has 2 aliphatic heterocycles. The van der Waals surface area contributed by atoms with Crippen molar-refractivity contribution in [3.05, 3.63) is 131 Å². The molecule has 39 nitrogen and oxygen atoms in total. The lowest BCUT2D eigenvalue weighted by atomic mass is 9.83. The summed E-state index contributed by atoms with van der Waals surface area (Å²) in [4.78, 5) is 145. The van der Waals surface area contributed by atoms with Crippen LogP contribution in [0, 0.1) is 35.5 Å². The van der Waals surface area contributed by atoms with E-state index in [4.69, 9.17) is 90.0 Å². The number of ether oxygens (including phenoxy) is 19. The highest BCUT2D eigenvalue weighted by atomic mass is 16.7. The van der Waals surface area contributed by atoms with Crippen molar-refractivity contribution in [3.8, 4) is 16.9 Å². The number of methoxy groups -OCH3 is 4. The Labute approximate surface area is 853 Å². The number of carbonyl (C=O) groups excluding carboxylic acids is 10. The van der Waals surface area contributed by atoms with Crippen LogP contribution in [0.3, 0.4) is 0 Å². The third-order valence-electron chi connectivity index (χ3n) is 25.7. The molecule has 1 saturated heterocycles. The van der Waals surface area contributed by atoms with Crippen molar-refractivity contribution < 1.29 is 153 Å². The number of aliphatic hydroxyl groups excluding tert-OH is 3. The Morgan fingerprint density at radius 2 is 1.09 bits per heavy atom. The van der Waals surface area contributed by atoms with E-state index < -0.39 is 133 Å². The van der Waals surface area contributed by atoms with Gasteiger partial charge in [0.25, 0.3) is 6.29 Å². The summed E-state index contributed by atoms with van der Waals surface area (Å²) < 4.78 is 106. The molecule has 4 aromatic rings. The van der Waals surface area contributed by atoms with Crippen LogP contribution in [0.5, 0.6) is 5.75 Å². The fourth-order valence-corrected chi connectivity index (χ4v) is 17.6. The number of rotatable bonds is 76. The molecule has 7 N–H and O–H groups in total. The molecule has 812 valence electrons. The summed E-state index contributed by atoms with van der Waals surface area (Å²) in [5.41, 5.74) is 4.86. The van der Waals surface area contributed by atoms with Gasteiger partial charge in [0.2, 0.25) is 35.3 Å². The average molecular weight is 2050 g/mol. The van der Waals surface area contributed by atoms with Crippen LogP contribution in [0.15, 0.2) is 109 Å². The van der Waals surface area contributed by atoms with Crippen molar-refractivity contribution >= 4 is 64.9 Å². The fourth-order valence-electron chi connectivity index (χ4n) is 17.6. The maximum atomic E-state index is 15.2. The summed E-state index contributed by atoms with van der Waals surface area (Å²) in [5.74, 6) is -7.67. The van der Waals surface area contributed by atoms with Crippen LogP contribution in [-0.2, 0) is 130 Å². The zero-order valence-electron chi connectivity index (χ0n) is 87.2. The maximum Gasteiger partial charge on any atom is 0.410 e. The third-order valence-corrected chi connectivity index (χ3v) is 25.7. The summed E-state index contributed by atoms with van der Waals surface area (Å²) in [6.07, 6.45) is -6.28. The molecule has 0 bridgehead atoms. The van der Waals surface area contributed by atoms with Crippen LogP contribution in [0.1, 0.15) is 160 Å². The van der Waals surface area contributed by atoms with Crippen molar-refractivity contribution in [2.45, 2.75) is 200 Å². The number of anilines is 1. The van der Waals surface area contributed by atoms with Gasteiger partial charge in [0.05, 0.1) is 208 Å². The molecule has 14 atom stereocenters. The highest BCUT2D eigenvalue weighted by molar-refractivity contribution is 5.94. The second-order valence-corrected chi connectivity index (χ2v) is 36.8. The predicted molar refractivity (Wildman–Crippen MR) is 536 cm³/mol. The van der Waals surface area contributed by atoms with Gasteiger partial charge in [-0.15, -0.1) is 0 Å². The minimum atomic E-state index is -1.78. The Bertz CT molecular complexity index is 4470. The number of ketones is 2. The average Bonchev–Trinajstić information content (AvgIpc) is 1.61. The summed E-state index contributed by atoms with van der Waals surface area (Å²) >= 11 is 0. The van der Waals surface area contributed by atoms with Crippen molar-refractivity contribution in [2.75, 3.05) is 226 Å². The highest BCUT2D eigenvalue weighted by Crippen LogP contribution is 2.45. The van der Waals surface area contributed by atoms with Crippen LogP contribution < -0.4 is 26.0 Å². The molecule has 3 aliphatic rings. The Morgan fingerprint density at radius 1 is 0.552 bits per heavy atom. The number of aliphatic hydroxyl groups is 3. The molecule has 145 heavy (non-hydrogen) atoms. The van der Waals surface area contributed by atoms with E-state index in [0.717, 1.165) is 40.3 Å². The van der Waals surface area contributed by atoms with Gasteiger partial charge < -0.3 is 141 Å². The number of hydrogen-bond donors (Lipinski definition) is 7. The maximum absolute atomic E-state index is 15.2. The Hall–Kier alpha value is -9.76. The summed E-state index contributed by atoms with van der Waals surface area (Å²) in [7, 11) is 8.81. The first-order valence-electron chi connectivity index (χ1n) is 50.7. The van der Waals surface area contributed by atoms with Crippen LogP contribution >= 0.6 is 0 Å². The van der Waals surface area contributed by atoms with E-state index in [1.54, 1.807) is 44.7 Å². The zero-order chi connectivity index (χ0) is 105. The van der Waals surface area contributed by atoms with Crippen molar-refractivity contribution in [1.29, 1.82) is 0 Å². The van der Waals surface area contributed by atoms with Gasteiger partial charge >= 0.3 is 18.2 Å². The number of likely N-dealkylation sites (tertiary alicyclic amines) is 1. The van der Waals surface area contributed by atoms with Crippen molar-refractivity contribution in [2.24, 2.45) is 35.5 Å². The van der Waals surface area contributed by atoms with Gasteiger partial charge in [0.15, 0.2) is 11.9 Å². The van der Waals surface area contributed by atoms with E-state index in [1.165, 1.54) is 39.5 Å². The number of esters is 1. The van der Waals surface area contributed by atoms with Crippen molar-refractivity contribution in [3.63, 3.8) is 0 Å². The predicted octanol–water partition coefficient (Wildman–Crippen LogP) is 9.13. The molecule has 1 aliphatic carbocycles. The third kappa shape index (κ3) is 42.1. The Morgan fingerprint density at radius 3 is 1.61 bits per heavy atom. The molecule has 7 amide bonds. The molecule has 0 aromatic heterocycles. The minimum absolute atomic E-state index is 0.0462. The first kappa shape index (κ1) is 122. The lowest BCUT2D eigenvalue weighted by Crippen LogP contribution is -2.54. The van der Waals surface area contributed by atoms with Gasteiger partial charge in [-0.2, -0.15) is 0 Å². The first-order valence-corrected chi connectivity index (χ1v) is 50.7. The van der Waals surface area contributed by atoms with Crippen molar-refractivity contribution in [1.82, 2.24) is 30.7 Å². The Balaban J connectivity index is 0.870. The molecular weight excluding hydrogens is 1880 g/mol. The van der Waals surface area contributed by atoms with Crippen LogP contribution in [0.2, 0.25) is 0 Å². The van der Waals surface area contributed by atoms with Gasteiger partial charge in [0, 0.05) is 98.5 Å². The van der Waals surface area contributed by atoms with E-state index in [9.17, 15) is 58.5 Å². The SMILES string of the molecule is CC[C@H](C)[C@@H]([C@@H](CC(=O)N1CCC[C@H]1[C@H](OC)[C@@H](C)C(=O)C[C@H](C)[C@@H](O)c1ccccc1)OC)N(C)C(=O)[C@@H](CC(=O)[C@H](C(C)C)N(C)C(=O)OCc1ccc(O[C@@H]2OC(C(=O)OC)=C[C@H](O)[C@H]2O)c(NC(=O)CCNC(=O)[C@H](CCCCNC(=O)CCOCCOCCOCCOCCOCCOCCOCCOCCOCCOCCOCCOC)NC(=O)OCC2c3ccccc3-c3ccccc32)c1)C(C)C. The number of likely N-dealkylation sites (N-methyl/N-ethyl adjacent to an activating group) is 2. The number of fused-ring (bicyclic) bond motifs is 3. The van der Waals surface area contributed by atoms with Gasteiger partial charge in [-0.05, 0) is 107 Å². The van der Waals surface area contributed by atoms with E-state index >= 15 is 4.79 Å². The van der Waals surface area contributed by atoms with Gasteiger partial charge in [-0.3, -0.25) is 33.6 Å². The number of unbranched alkanes of at least 4 members (excludes halogenated alkanes) is 1. The second-order valence-electron chi connectivity index (χ2n) is 36.8. The lowest BCUT2D eigenvalue weighted by molar-refractivity contribution is -0.174. The van der Waals surface area contributed by atoms with E-state index in [-0.39, 0.29) is 136 Å². The van der Waals surface area contributed by atoms with E-state index in [1.807, 2.05) is 113 Å². The van der Waals surface area contributed by atoms with E-state index in [2.05, 4.69) is 21.3 Å². The van der Waals surface area contributed by atoms with Crippen LogP contribution in [0.4, 0.5) is 15.3 Å². The summed E-state index contributed by atoms with van der Waals surface area (Å²) in [5, 5.41) is 44.1. The van der Waals surface area contributed by atoms with Crippen LogP contribution in [0.25, 0.3) is 11.1 Å². The standard InChI is InChI=1S/C106H161N7O32/c1-15-73(6)97(91(128-12)68-95(119)113-40-25-33-86(113)100(129-13)75(8)87(114)64-74(7)98(120)77-26-17-16-18-27-77)111(9)102(123)82(71(2)3)66-88(115)96(72(4)5)112(10)106(126)143-69-76-34-35-90(144-104-99(121)89(116)67-92(145-104)103(124)130-14)85(65-76)109-94(118)36-39-108-101(122)84(110-105(125)142-70-83-80-30-21-19-28-78(80)79-29-20-22-31-81(79)83)32-23-24-38-107-93(117)37-41-131-44-45-133-48-49-135-52-53-137-56-57-139-60-61-141-63-62-140-59-58-138-55-54-136-51-50-134-47-46-132-43-42-127-11/h16-22,26-31,34-35,65,67,71-75,82-84,86,89,91,96-100,104,116,120-121H,15,23-25,32-33,36-64,66,68-70H2,1-14H3,(H,107,117)(H,108,122)(H,109,118)(H,110,125)/t73-,74-,75-,82-,84-,86-,89-,91+,96-,97-,98+,99+,100+,104+/m0/s1. The molecule has 7 rings (SSSR count). The quantitative estimate of drug-likeness (QED) is 0.0123. The van der Waals surface area contributed by atoms with E-state index in [0.29, 0.717) is 176 Å².